The second-order valence-corrected chi connectivity index (χ2v) is 5.36. The molecule has 0 radical (unpaired) electrons. The van der Waals surface area contributed by atoms with Gasteiger partial charge in [0.2, 0.25) is 0 Å². The van der Waals surface area contributed by atoms with E-state index in [0.717, 1.165) is 12.0 Å². The molecule has 1 aliphatic rings. The van der Waals surface area contributed by atoms with Crippen LogP contribution in [0.3, 0.4) is 0 Å². The smallest absolute Gasteiger partial charge is 0.150 e. The molecule has 1 heterocycles. The van der Waals surface area contributed by atoms with Gasteiger partial charge in [-0.25, -0.2) is 0 Å². The number of hydrogen-bond donors (Lipinski definition) is 2. The summed E-state index contributed by atoms with van der Waals surface area (Å²) in [5, 5.41) is 0. The minimum absolute atomic E-state index is 0.103. The van der Waals surface area contributed by atoms with Gasteiger partial charge in [-0.2, -0.15) is 4.83 Å². The molecule has 0 aromatic heterocycles. The zero-order valence-electron chi connectivity index (χ0n) is 9.81. The highest BCUT2D eigenvalue weighted by atomic mass is 35.5. The van der Waals surface area contributed by atoms with Gasteiger partial charge in [-0.15, -0.1) is 4.53 Å². The molecule has 0 aliphatic carbocycles. The lowest BCUT2D eigenvalue weighted by atomic mass is 10.1. The van der Waals surface area contributed by atoms with Gasteiger partial charge in [0.15, 0.2) is 0 Å². The fourth-order valence-corrected chi connectivity index (χ4v) is 2.26. The summed E-state index contributed by atoms with van der Waals surface area (Å²) in [5.74, 6) is 1.04. The van der Waals surface area contributed by atoms with Crippen LogP contribution >= 0.6 is 23.7 Å². The zero-order valence-corrected chi connectivity index (χ0v) is 11.4. The van der Waals surface area contributed by atoms with Crippen LogP contribution in [0.2, 0.25) is 0 Å². The van der Waals surface area contributed by atoms with Gasteiger partial charge in [-0.05, 0) is 37.8 Å². The van der Waals surface area contributed by atoms with Crippen molar-refractivity contribution in [2.45, 2.75) is 19.4 Å². The number of carbonyl (C=O) groups excluding carboxylic acids is 1. The van der Waals surface area contributed by atoms with Gasteiger partial charge in [-0.1, -0.05) is 24.1 Å². The van der Waals surface area contributed by atoms with Crippen molar-refractivity contribution < 1.29 is 4.79 Å². The molecule has 6 heteroatoms. The summed E-state index contributed by atoms with van der Waals surface area (Å²) in [6.07, 6.45) is 0.774. The molecule has 4 nitrogen and oxygen atoms in total. The van der Waals surface area contributed by atoms with Crippen LogP contribution in [0.5, 0.6) is 0 Å². The fourth-order valence-electron chi connectivity index (χ4n) is 1.08. The van der Waals surface area contributed by atoms with Crippen molar-refractivity contribution in [2.75, 3.05) is 11.5 Å². The number of hydrogen-bond acceptors (Lipinski definition) is 5. The van der Waals surface area contributed by atoms with Crippen molar-refractivity contribution in [1.82, 2.24) is 9.36 Å². The third-order valence-electron chi connectivity index (χ3n) is 2.15. The lowest BCUT2D eigenvalue weighted by molar-refractivity contribution is 0.112. The molecule has 0 saturated carbocycles. The Morgan fingerprint density at radius 1 is 1.59 bits per heavy atom. The molecule has 1 aromatic rings. The Balaban J connectivity index is 0.000000171. The van der Waals surface area contributed by atoms with Gasteiger partial charge in [0, 0.05) is 17.0 Å². The van der Waals surface area contributed by atoms with Gasteiger partial charge in [0.1, 0.15) is 6.29 Å². The van der Waals surface area contributed by atoms with E-state index in [4.69, 9.17) is 17.5 Å². The van der Waals surface area contributed by atoms with E-state index in [0.29, 0.717) is 11.3 Å². The maximum Gasteiger partial charge on any atom is 0.150 e. The molecular weight excluding hydrogens is 258 g/mol. The summed E-state index contributed by atoms with van der Waals surface area (Å²) in [5.41, 5.74) is 6.72. The molecule has 2 rings (SSSR count). The molecule has 1 saturated heterocycles. The maximum absolute atomic E-state index is 10.1. The van der Waals surface area contributed by atoms with Crippen molar-refractivity contribution in [1.29, 1.82) is 0 Å². The number of hydrazine groups is 1. The standard InChI is InChI=1S/C7H7NO.C4H9ClN2S/c8-7-3-1-2-6(4-7)5-9;1-4(2)3-8-6-7(4)5/h1-5H,8H2;6H,3H2,1-2H3. The van der Waals surface area contributed by atoms with Crippen molar-refractivity contribution in [2.24, 2.45) is 0 Å². The number of halogens is 1. The van der Waals surface area contributed by atoms with Crippen molar-refractivity contribution in [3.63, 3.8) is 0 Å². The van der Waals surface area contributed by atoms with Crippen LogP contribution in [-0.4, -0.2) is 22.1 Å². The van der Waals surface area contributed by atoms with Gasteiger partial charge < -0.3 is 5.73 Å². The number of rotatable bonds is 1. The lowest BCUT2D eigenvalue weighted by Crippen LogP contribution is -2.36. The van der Waals surface area contributed by atoms with Crippen LogP contribution in [-0.2, 0) is 0 Å². The second-order valence-electron chi connectivity index (χ2n) is 4.26. The van der Waals surface area contributed by atoms with E-state index in [-0.39, 0.29) is 5.54 Å². The first-order chi connectivity index (χ1) is 7.95. The highest BCUT2D eigenvalue weighted by Gasteiger charge is 2.31. The Hall–Kier alpha value is -0.750. The quantitative estimate of drug-likeness (QED) is 0.356. The molecule has 0 spiro atoms. The van der Waals surface area contributed by atoms with E-state index in [2.05, 4.69) is 18.7 Å². The molecule has 94 valence electrons. The Morgan fingerprint density at radius 2 is 2.29 bits per heavy atom. The van der Waals surface area contributed by atoms with Gasteiger partial charge >= 0.3 is 0 Å². The average molecular weight is 274 g/mol. The van der Waals surface area contributed by atoms with E-state index in [1.807, 2.05) is 0 Å². The molecule has 17 heavy (non-hydrogen) atoms. The van der Waals surface area contributed by atoms with Gasteiger partial charge in [0.25, 0.3) is 0 Å². The molecule has 0 amide bonds. The Morgan fingerprint density at radius 3 is 2.59 bits per heavy atom. The predicted molar refractivity (Wildman–Crippen MR) is 73.6 cm³/mol. The summed E-state index contributed by atoms with van der Waals surface area (Å²) >= 11 is 7.34. The molecule has 1 aromatic carbocycles. The largest absolute Gasteiger partial charge is 0.399 e. The molecule has 0 bridgehead atoms. The van der Waals surface area contributed by atoms with E-state index in [1.165, 1.54) is 0 Å². The fraction of sp³-hybridized carbons (Fsp3) is 0.364. The maximum atomic E-state index is 10.1. The third-order valence-corrected chi connectivity index (χ3v) is 3.95. The first-order valence-corrected chi connectivity index (χ1v) is 6.42. The average Bonchev–Trinajstić information content (AvgIpc) is 2.58. The number of nitrogens with zero attached hydrogens (tertiary/aromatic N) is 1. The minimum atomic E-state index is 0.103. The van der Waals surface area contributed by atoms with Crippen LogP contribution in [0.15, 0.2) is 24.3 Å². The van der Waals surface area contributed by atoms with Gasteiger partial charge in [0.05, 0.1) is 5.54 Å². The lowest BCUT2D eigenvalue weighted by Gasteiger charge is -2.21. The number of anilines is 1. The van der Waals surface area contributed by atoms with Crippen LogP contribution in [0.25, 0.3) is 0 Å². The van der Waals surface area contributed by atoms with Crippen molar-refractivity contribution in [3.8, 4) is 0 Å². The molecule has 0 atom stereocenters. The first kappa shape index (κ1) is 14.3. The molecular formula is C11H16ClN3OS. The summed E-state index contributed by atoms with van der Waals surface area (Å²) in [6.45, 7) is 4.18. The Kier molecular flexibility index (Phi) is 5.27. The summed E-state index contributed by atoms with van der Waals surface area (Å²) in [4.78, 5) is 13.0. The SMILES string of the molecule is CC1(C)CSNN1Cl.Nc1cccc(C=O)c1. The van der Waals surface area contributed by atoms with Crippen LogP contribution in [0, 0.1) is 0 Å². The van der Waals surface area contributed by atoms with Crippen molar-refractivity contribution >= 4 is 35.7 Å². The highest BCUT2D eigenvalue weighted by Crippen LogP contribution is 2.26. The summed E-state index contributed by atoms with van der Waals surface area (Å²) in [7, 11) is 0. The number of nitrogens with one attached hydrogen (secondary N) is 1. The van der Waals surface area contributed by atoms with Crippen LogP contribution < -0.4 is 10.6 Å². The van der Waals surface area contributed by atoms with E-state index < -0.39 is 0 Å². The topological polar surface area (TPSA) is 58.4 Å². The minimum Gasteiger partial charge on any atom is -0.399 e. The number of carbonyl (C=O) groups is 1. The number of nitrogens with two attached hydrogens (primary N) is 1. The van der Waals surface area contributed by atoms with Crippen LogP contribution in [0.1, 0.15) is 24.2 Å². The van der Waals surface area contributed by atoms with Crippen LogP contribution in [0.4, 0.5) is 5.69 Å². The molecule has 1 aliphatic heterocycles. The molecule has 0 unspecified atom stereocenters. The van der Waals surface area contributed by atoms with E-state index in [1.54, 1.807) is 40.7 Å². The molecule has 3 N–H and O–H groups in total. The number of benzene rings is 1. The van der Waals surface area contributed by atoms with E-state index in [9.17, 15) is 4.79 Å². The zero-order chi connectivity index (χ0) is 12.9. The van der Waals surface area contributed by atoms with Gasteiger partial charge in [-0.3, -0.25) is 4.79 Å². The summed E-state index contributed by atoms with van der Waals surface area (Å²) in [6, 6.07) is 6.84. The normalized spacial score (nSPS) is 18.3. The number of nitrogen functional groups attached to an aromatic ring is 1. The monoisotopic (exact) mass is 273 g/mol. The second kappa shape index (κ2) is 6.26. The van der Waals surface area contributed by atoms with E-state index >= 15 is 0 Å². The molecule has 1 fully saturated rings. The Labute approximate surface area is 111 Å². The predicted octanol–water partition coefficient (Wildman–Crippen LogP) is 2.47. The first-order valence-electron chi connectivity index (χ1n) is 5.10. The third kappa shape index (κ3) is 4.55. The Bertz CT molecular complexity index is 387. The van der Waals surface area contributed by atoms with Crippen molar-refractivity contribution in [3.05, 3.63) is 29.8 Å². The number of aldehydes is 1. The summed E-state index contributed by atoms with van der Waals surface area (Å²) < 4.78 is 1.61. The highest BCUT2D eigenvalue weighted by molar-refractivity contribution is 7.97.